The van der Waals surface area contributed by atoms with E-state index in [-0.39, 0.29) is 6.09 Å². The molecule has 5 heteroatoms. The van der Waals surface area contributed by atoms with Crippen LogP contribution in [0, 0.1) is 0 Å². The van der Waals surface area contributed by atoms with Crippen molar-refractivity contribution in [2.24, 2.45) is 0 Å². The number of carbonyl (C=O) groups is 1. The van der Waals surface area contributed by atoms with Gasteiger partial charge in [-0.3, -0.25) is 0 Å². The molecule has 0 unspecified atom stereocenters. The quantitative estimate of drug-likeness (QED) is 0.677. The highest BCUT2D eigenvalue weighted by Crippen LogP contribution is 2.09. The molecule has 0 spiro atoms. The van der Waals surface area contributed by atoms with E-state index >= 15 is 0 Å². The van der Waals surface area contributed by atoms with Crippen molar-refractivity contribution < 1.29 is 14.3 Å². The molecule has 1 amide bonds. The highest BCUT2D eigenvalue weighted by molar-refractivity contribution is 5.67. The van der Waals surface area contributed by atoms with Crippen LogP contribution in [0.5, 0.6) is 0 Å². The minimum Gasteiger partial charge on any atom is -0.444 e. The van der Waals surface area contributed by atoms with Gasteiger partial charge in [0.2, 0.25) is 0 Å². The summed E-state index contributed by atoms with van der Waals surface area (Å²) < 4.78 is 10.7. The zero-order valence-electron chi connectivity index (χ0n) is 12.4. The SMILES string of the molecule is CNCCCOCCCN(C)C(=O)OC(C)(C)C. The summed E-state index contributed by atoms with van der Waals surface area (Å²) in [6.07, 6.45) is 1.56. The zero-order chi connectivity index (χ0) is 14.0. The third kappa shape index (κ3) is 10.4. The lowest BCUT2D eigenvalue weighted by Crippen LogP contribution is -2.35. The topological polar surface area (TPSA) is 50.8 Å². The summed E-state index contributed by atoms with van der Waals surface area (Å²) in [5.41, 5.74) is -0.436. The maximum atomic E-state index is 11.6. The van der Waals surface area contributed by atoms with Crippen LogP contribution >= 0.6 is 0 Å². The van der Waals surface area contributed by atoms with Crippen LogP contribution in [-0.2, 0) is 9.47 Å². The number of ether oxygens (including phenoxy) is 2. The fourth-order valence-electron chi connectivity index (χ4n) is 1.29. The molecule has 0 aliphatic heterocycles. The number of nitrogens with zero attached hydrogens (tertiary/aromatic N) is 1. The Balaban J connectivity index is 3.52. The summed E-state index contributed by atoms with van der Waals surface area (Å²) in [6, 6.07) is 0. The molecule has 108 valence electrons. The second-order valence-corrected chi connectivity index (χ2v) is 5.32. The van der Waals surface area contributed by atoms with Crippen LogP contribution in [-0.4, -0.2) is 57.0 Å². The van der Waals surface area contributed by atoms with Crippen LogP contribution in [0.4, 0.5) is 4.79 Å². The van der Waals surface area contributed by atoms with Crippen molar-refractivity contribution in [3.05, 3.63) is 0 Å². The van der Waals surface area contributed by atoms with Crippen LogP contribution < -0.4 is 5.32 Å². The average molecular weight is 260 g/mol. The summed E-state index contributed by atoms with van der Waals surface area (Å²) >= 11 is 0. The van der Waals surface area contributed by atoms with Gasteiger partial charge in [0.25, 0.3) is 0 Å². The summed E-state index contributed by atoms with van der Waals surface area (Å²) in [5.74, 6) is 0. The van der Waals surface area contributed by atoms with Gasteiger partial charge in [0, 0.05) is 26.8 Å². The van der Waals surface area contributed by atoms with Crippen molar-refractivity contribution in [1.82, 2.24) is 10.2 Å². The van der Waals surface area contributed by atoms with Crippen LogP contribution in [0.15, 0.2) is 0 Å². The number of hydrogen-bond donors (Lipinski definition) is 1. The summed E-state index contributed by atoms with van der Waals surface area (Å²) in [5, 5.41) is 3.06. The first kappa shape index (κ1) is 17.2. The lowest BCUT2D eigenvalue weighted by molar-refractivity contribution is 0.0279. The Bertz CT molecular complexity index is 227. The van der Waals surface area contributed by atoms with Crippen LogP contribution in [0.25, 0.3) is 0 Å². The summed E-state index contributed by atoms with van der Waals surface area (Å²) in [6.45, 7) is 8.66. The van der Waals surface area contributed by atoms with E-state index in [1.165, 1.54) is 0 Å². The number of amides is 1. The van der Waals surface area contributed by atoms with E-state index in [0.717, 1.165) is 26.0 Å². The van der Waals surface area contributed by atoms with Gasteiger partial charge in [0.15, 0.2) is 0 Å². The lowest BCUT2D eigenvalue weighted by Gasteiger charge is -2.24. The molecule has 0 saturated carbocycles. The Morgan fingerprint density at radius 3 is 2.39 bits per heavy atom. The number of carbonyl (C=O) groups excluding carboxylic acids is 1. The zero-order valence-corrected chi connectivity index (χ0v) is 12.4. The Morgan fingerprint density at radius 1 is 1.22 bits per heavy atom. The summed E-state index contributed by atoms with van der Waals surface area (Å²) in [4.78, 5) is 13.2. The first-order valence-electron chi connectivity index (χ1n) is 6.53. The molecule has 0 radical (unpaired) electrons. The van der Waals surface area contributed by atoms with E-state index in [4.69, 9.17) is 9.47 Å². The second-order valence-electron chi connectivity index (χ2n) is 5.32. The molecule has 5 nitrogen and oxygen atoms in total. The average Bonchev–Trinajstić information content (AvgIpc) is 2.25. The Hall–Kier alpha value is -0.810. The van der Waals surface area contributed by atoms with E-state index in [9.17, 15) is 4.79 Å². The van der Waals surface area contributed by atoms with Gasteiger partial charge in [0.05, 0.1) is 0 Å². The Labute approximate surface area is 111 Å². The largest absolute Gasteiger partial charge is 0.444 e. The van der Waals surface area contributed by atoms with E-state index < -0.39 is 5.60 Å². The first-order valence-corrected chi connectivity index (χ1v) is 6.53. The van der Waals surface area contributed by atoms with Crippen molar-refractivity contribution in [2.45, 2.75) is 39.2 Å². The molecule has 1 N–H and O–H groups in total. The van der Waals surface area contributed by atoms with E-state index in [2.05, 4.69) is 5.32 Å². The van der Waals surface area contributed by atoms with Crippen LogP contribution in [0.2, 0.25) is 0 Å². The van der Waals surface area contributed by atoms with E-state index in [1.807, 2.05) is 27.8 Å². The molecule has 0 aromatic rings. The van der Waals surface area contributed by atoms with Crippen molar-refractivity contribution in [1.29, 1.82) is 0 Å². The van der Waals surface area contributed by atoms with Gasteiger partial charge in [-0.15, -0.1) is 0 Å². The molecule has 0 aliphatic rings. The maximum Gasteiger partial charge on any atom is 0.410 e. The molecule has 0 aromatic carbocycles. The molecule has 0 bridgehead atoms. The van der Waals surface area contributed by atoms with E-state index in [1.54, 1.807) is 11.9 Å². The lowest BCUT2D eigenvalue weighted by atomic mass is 10.2. The van der Waals surface area contributed by atoms with Crippen molar-refractivity contribution >= 4 is 6.09 Å². The third-order valence-electron chi connectivity index (χ3n) is 2.20. The van der Waals surface area contributed by atoms with E-state index in [0.29, 0.717) is 13.2 Å². The highest BCUT2D eigenvalue weighted by Gasteiger charge is 2.18. The fraction of sp³-hybridized carbons (Fsp3) is 0.923. The predicted octanol–water partition coefficient (Wildman–Crippen LogP) is 1.87. The molecule has 0 atom stereocenters. The Kier molecular flexibility index (Phi) is 8.75. The van der Waals surface area contributed by atoms with Gasteiger partial charge in [-0.2, -0.15) is 0 Å². The van der Waals surface area contributed by atoms with Gasteiger partial charge in [-0.25, -0.2) is 4.79 Å². The molecule has 0 aromatic heterocycles. The van der Waals surface area contributed by atoms with Crippen molar-refractivity contribution in [3.8, 4) is 0 Å². The van der Waals surface area contributed by atoms with Crippen LogP contribution in [0.3, 0.4) is 0 Å². The van der Waals surface area contributed by atoms with Gasteiger partial charge >= 0.3 is 6.09 Å². The van der Waals surface area contributed by atoms with Gasteiger partial charge in [-0.1, -0.05) is 0 Å². The second kappa shape index (κ2) is 9.16. The monoisotopic (exact) mass is 260 g/mol. The number of nitrogens with one attached hydrogen (secondary N) is 1. The fourth-order valence-corrected chi connectivity index (χ4v) is 1.29. The molecule has 0 rings (SSSR count). The first-order chi connectivity index (χ1) is 8.37. The molecule has 18 heavy (non-hydrogen) atoms. The van der Waals surface area contributed by atoms with Crippen molar-refractivity contribution in [2.75, 3.05) is 40.4 Å². The molecular formula is C13H28N2O3. The van der Waals surface area contributed by atoms with Gasteiger partial charge in [-0.05, 0) is 47.2 Å². The molecule has 0 fully saturated rings. The third-order valence-corrected chi connectivity index (χ3v) is 2.20. The molecule has 0 heterocycles. The predicted molar refractivity (Wildman–Crippen MR) is 72.8 cm³/mol. The standard InChI is InChI=1S/C13H28N2O3/c1-13(2,3)18-12(16)15(5)9-7-11-17-10-6-8-14-4/h14H,6-11H2,1-5H3. The molecule has 0 saturated heterocycles. The minimum atomic E-state index is -0.436. The van der Waals surface area contributed by atoms with Gasteiger partial charge in [0.1, 0.15) is 5.60 Å². The smallest absolute Gasteiger partial charge is 0.410 e. The minimum absolute atomic E-state index is 0.280. The normalized spacial score (nSPS) is 11.4. The number of rotatable bonds is 8. The maximum absolute atomic E-state index is 11.6. The Morgan fingerprint density at radius 2 is 1.83 bits per heavy atom. The van der Waals surface area contributed by atoms with Crippen molar-refractivity contribution in [3.63, 3.8) is 0 Å². The summed E-state index contributed by atoms with van der Waals surface area (Å²) in [7, 11) is 3.67. The van der Waals surface area contributed by atoms with Crippen LogP contribution in [0.1, 0.15) is 33.6 Å². The molecule has 0 aliphatic carbocycles. The number of hydrogen-bond acceptors (Lipinski definition) is 4. The van der Waals surface area contributed by atoms with Gasteiger partial charge < -0.3 is 19.7 Å². The highest BCUT2D eigenvalue weighted by atomic mass is 16.6. The molecular weight excluding hydrogens is 232 g/mol.